The molecule has 0 radical (unpaired) electrons. The van der Waals surface area contributed by atoms with E-state index >= 15 is 0 Å². The molecule has 1 amide bonds. The van der Waals surface area contributed by atoms with Crippen molar-refractivity contribution in [2.75, 3.05) is 6.54 Å². The maximum absolute atomic E-state index is 13.1. The van der Waals surface area contributed by atoms with Gasteiger partial charge in [-0.3, -0.25) is 0 Å². The molecule has 9 nitrogen and oxygen atoms in total. The molecule has 0 unspecified atom stereocenters. The average Bonchev–Trinajstić information content (AvgIpc) is 3.51. The molecule has 1 fully saturated rings. The van der Waals surface area contributed by atoms with Crippen molar-refractivity contribution in [1.29, 1.82) is 0 Å². The van der Waals surface area contributed by atoms with Gasteiger partial charge in [0.25, 0.3) is 0 Å². The predicted octanol–water partition coefficient (Wildman–Crippen LogP) is 4.85. The zero-order valence-electron chi connectivity index (χ0n) is 20.7. The van der Waals surface area contributed by atoms with Crippen LogP contribution in [-0.2, 0) is 21.2 Å². The Labute approximate surface area is 215 Å². The number of ether oxygens (including phenoxy) is 1. The third-order valence-corrected chi connectivity index (χ3v) is 8.82. The molecule has 11 heteroatoms. The van der Waals surface area contributed by atoms with E-state index in [9.17, 15) is 13.2 Å². The second-order valence-electron chi connectivity index (χ2n) is 9.14. The fourth-order valence-electron chi connectivity index (χ4n) is 4.39. The van der Waals surface area contributed by atoms with E-state index < -0.39 is 10.0 Å². The normalized spacial score (nSPS) is 18.3. The lowest BCUT2D eigenvalue weighted by molar-refractivity contribution is 0.109. The molecule has 0 saturated heterocycles. The highest BCUT2D eigenvalue weighted by Gasteiger charge is 2.27. The molecule has 2 N–H and O–H groups in total. The van der Waals surface area contributed by atoms with Crippen molar-refractivity contribution in [2.24, 2.45) is 0 Å². The number of alkyl carbamates (subject to hydrolysis) is 1. The summed E-state index contributed by atoms with van der Waals surface area (Å²) in [6.07, 6.45) is 8.22. The number of amides is 1. The van der Waals surface area contributed by atoms with E-state index in [2.05, 4.69) is 20.0 Å². The quantitative estimate of drug-likeness (QED) is 0.404. The zero-order chi connectivity index (χ0) is 25.7. The number of sulfonamides is 1. The van der Waals surface area contributed by atoms with Crippen molar-refractivity contribution in [3.05, 3.63) is 53.3 Å². The van der Waals surface area contributed by atoms with Crippen LogP contribution in [0.5, 0.6) is 0 Å². The van der Waals surface area contributed by atoms with E-state index in [-0.39, 0.29) is 29.1 Å². The van der Waals surface area contributed by atoms with E-state index in [0.717, 1.165) is 41.1 Å². The van der Waals surface area contributed by atoms with Crippen molar-refractivity contribution in [1.82, 2.24) is 20.0 Å². The number of nitrogens with zero attached hydrogens (tertiary/aromatic N) is 2. The van der Waals surface area contributed by atoms with Gasteiger partial charge in [0.15, 0.2) is 5.89 Å². The first kappa shape index (κ1) is 26.3. The largest absolute Gasteiger partial charge is 0.449 e. The van der Waals surface area contributed by atoms with Crippen LogP contribution in [0.25, 0.3) is 10.4 Å². The molecule has 0 aliphatic heterocycles. The van der Waals surface area contributed by atoms with Crippen molar-refractivity contribution in [2.45, 2.75) is 75.8 Å². The molecule has 2 aromatic heterocycles. The number of hydrogen-bond donors (Lipinski definition) is 2. The fourth-order valence-corrected chi connectivity index (χ4v) is 6.89. The van der Waals surface area contributed by atoms with E-state index in [4.69, 9.17) is 9.15 Å². The van der Waals surface area contributed by atoms with Gasteiger partial charge < -0.3 is 14.5 Å². The SMILES string of the molecule is CCNS(=O)(=O)c1cc(Cc2ncco2)ccc1-c1cnc(C2CCC(NC(=O)OC(C)C)CC2)s1. The number of carbonyl (C=O) groups excluding carboxylic acids is 1. The summed E-state index contributed by atoms with van der Waals surface area (Å²) in [6.45, 7) is 5.71. The van der Waals surface area contributed by atoms with Gasteiger partial charge in [-0.1, -0.05) is 19.1 Å². The van der Waals surface area contributed by atoms with Gasteiger partial charge in [-0.05, 0) is 51.2 Å². The Bertz CT molecular complexity index is 1260. The molecule has 194 valence electrons. The molecular weight excluding hydrogens is 500 g/mol. The third kappa shape index (κ3) is 6.51. The minimum atomic E-state index is -3.71. The average molecular weight is 533 g/mol. The highest BCUT2D eigenvalue weighted by atomic mass is 32.2. The Balaban J connectivity index is 1.51. The first-order valence-corrected chi connectivity index (χ1v) is 14.5. The van der Waals surface area contributed by atoms with Gasteiger partial charge in [0.1, 0.15) is 6.26 Å². The Morgan fingerprint density at radius 3 is 2.67 bits per heavy atom. The van der Waals surface area contributed by atoms with Crippen LogP contribution in [0.2, 0.25) is 0 Å². The van der Waals surface area contributed by atoms with E-state index in [1.54, 1.807) is 25.4 Å². The molecule has 0 bridgehead atoms. The molecule has 3 aromatic rings. The second-order valence-corrected chi connectivity index (χ2v) is 11.9. The molecule has 1 aliphatic carbocycles. The van der Waals surface area contributed by atoms with E-state index in [1.807, 2.05) is 26.0 Å². The maximum Gasteiger partial charge on any atom is 0.407 e. The molecule has 1 aliphatic rings. The number of aromatic nitrogens is 2. The summed E-state index contributed by atoms with van der Waals surface area (Å²) in [7, 11) is -3.71. The van der Waals surface area contributed by atoms with Gasteiger partial charge in [0.2, 0.25) is 10.0 Å². The van der Waals surface area contributed by atoms with Gasteiger partial charge in [-0.25, -0.2) is 27.9 Å². The summed E-state index contributed by atoms with van der Waals surface area (Å²) in [5, 5.41) is 3.94. The predicted molar refractivity (Wildman–Crippen MR) is 137 cm³/mol. The van der Waals surface area contributed by atoms with Crippen LogP contribution in [0.3, 0.4) is 0 Å². The molecular formula is C25H32N4O5S2. The lowest BCUT2D eigenvalue weighted by Crippen LogP contribution is -2.38. The van der Waals surface area contributed by atoms with Gasteiger partial charge in [-0.2, -0.15) is 0 Å². The Hall–Kier alpha value is -2.76. The van der Waals surface area contributed by atoms with Gasteiger partial charge in [0.05, 0.1) is 27.1 Å². The summed E-state index contributed by atoms with van der Waals surface area (Å²) in [5.74, 6) is 0.804. The molecule has 0 atom stereocenters. The van der Waals surface area contributed by atoms with Crippen molar-refractivity contribution in [3.8, 4) is 10.4 Å². The number of benzene rings is 1. The third-order valence-electron chi connectivity index (χ3n) is 6.04. The zero-order valence-corrected chi connectivity index (χ0v) is 22.3. The number of thiazole rings is 1. The smallest absolute Gasteiger partial charge is 0.407 e. The van der Waals surface area contributed by atoms with Crippen molar-refractivity contribution >= 4 is 27.5 Å². The summed E-state index contributed by atoms with van der Waals surface area (Å²) >= 11 is 1.53. The van der Waals surface area contributed by atoms with Crippen molar-refractivity contribution in [3.63, 3.8) is 0 Å². The minimum Gasteiger partial charge on any atom is -0.449 e. The van der Waals surface area contributed by atoms with Crippen LogP contribution in [0.15, 0.2) is 46.2 Å². The standard InChI is InChI=1S/C25H32N4O5S2/c1-4-28-36(31,32)22-13-17(14-23-26-11-12-33-23)5-10-20(22)21-15-27-24(35-21)18-6-8-19(9-7-18)29-25(30)34-16(2)3/h5,10-13,15-16,18-19,28H,4,6-9,14H2,1-3H3,(H,29,30). The molecule has 0 spiro atoms. The molecule has 2 heterocycles. The summed E-state index contributed by atoms with van der Waals surface area (Å²) < 4.78 is 39.3. The van der Waals surface area contributed by atoms with Crippen LogP contribution in [0.4, 0.5) is 4.79 Å². The highest BCUT2D eigenvalue weighted by Crippen LogP contribution is 2.39. The Morgan fingerprint density at radius 1 is 1.22 bits per heavy atom. The molecule has 36 heavy (non-hydrogen) atoms. The fraction of sp³-hybridized carbons (Fsp3) is 0.480. The van der Waals surface area contributed by atoms with Gasteiger partial charge in [0, 0.05) is 36.7 Å². The number of rotatable bonds is 9. The first-order valence-electron chi connectivity index (χ1n) is 12.2. The topological polar surface area (TPSA) is 123 Å². The summed E-state index contributed by atoms with van der Waals surface area (Å²) in [6, 6.07) is 5.52. The lowest BCUT2D eigenvalue weighted by atomic mass is 9.86. The van der Waals surface area contributed by atoms with E-state index in [1.165, 1.54) is 17.6 Å². The van der Waals surface area contributed by atoms with Crippen LogP contribution in [0, 0.1) is 0 Å². The Morgan fingerprint density at radius 2 is 2.00 bits per heavy atom. The van der Waals surface area contributed by atoms with Crippen LogP contribution >= 0.6 is 11.3 Å². The van der Waals surface area contributed by atoms with Crippen LogP contribution in [-0.4, -0.2) is 43.2 Å². The second kappa shape index (κ2) is 11.5. The van der Waals surface area contributed by atoms with Gasteiger partial charge in [-0.15, -0.1) is 11.3 Å². The number of oxazole rings is 1. The van der Waals surface area contributed by atoms with Crippen LogP contribution < -0.4 is 10.0 Å². The maximum atomic E-state index is 13.1. The summed E-state index contributed by atoms with van der Waals surface area (Å²) in [4.78, 5) is 21.7. The highest BCUT2D eigenvalue weighted by molar-refractivity contribution is 7.89. The first-order chi connectivity index (χ1) is 17.2. The number of hydrogen-bond acceptors (Lipinski definition) is 8. The molecule has 1 saturated carbocycles. The Kier molecular flexibility index (Phi) is 8.43. The van der Waals surface area contributed by atoms with Crippen molar-refractivity contribution < 1.29 is 22.4 Å². The van der Waals surface area contributed by atoms with Crippen LogP contribution in [0.1, 0.15) is 68.8 Å². The minimum absolute atomic E-state index is 0.0972. The number of nitrogens with one attached hydrogen (secondary N) is 2. The summed E-state index contributed by atoms with van der Waals surface area (Å²) in [5.41, 5.74) is 1.42. The molecule has 1 aromatic carbocycles. The number of carbonyl (C=O) groups is 1. The van der Waals surface area contributed by atoms with Gasteiger partial charge >= 0.3 is 6.09 Å². The monoisotopic (exact) mass is 532 g/mol. The lowest BCUT2D eigenvalue weighted by Gasteiger charge is -2.28. The molecule has 4 rings (SSSR count). The van der Waals surface area contributed by atoms with E-state index in [0.29, 0.717) is 24.4 Å².